The minimum Gasteiger partial charge on any atom is -0.378 e. The molecule has 2 aromatic heterocycles. The van der Waals surface area contributed by atoms with E-state index in [2.05, 4.69) is 4.98 Å². The smallest absolute Gasteiger partial charge is 0.227 e. The van der Waals surface area contributed by atoms with Crippen LogP contribution >= 0.6 is 34.4 Å². The molecule has 1 amide bonds. The molecule has 0 unspecified atom stereocenters. The van der Waals surface area contributed by atoms with Crippen molar-refractivity contribution in [3.05, 3.63) is 33.0 Å². The summed E-state index contributed by atoms with van der Waals surface area (Å²) in [6.45, 7) is 4.46. The van der Waals surface area contributed by atoms with Crippen molar-refractivity contribution in [3.63, 3.8) is 0 Å². The van der Waals surface area contributed by atoms with E-state index < -0.39 is 0 Å². The Bertz CT molecular complexity index is 720. The summed E-state index contributed by atoms with van der Waals surface area (Å²) in [6.07, 6.45) is 0.358. The maximum atomic E-state index is 12.3. The van der Waals surface area contributed by atoms with Gasteiger partial charge in [0, 0.05) is 29.0 Å². The molecule has 0 aromatic carbocycles. The zero-order valence-corrected chi connectivity index (χ0v) is 15.8. The fourth-order valence-corrected chi connectivity index (χ4v) is 5.05. The van der Waals surface area contributed by atoms with Crippen molar-refractivity contribution < 1.29 is 14.3 Å². The Morgan fingerprint density at radius 2 is 2.12 bits per heavy atom. The molecule has 0 aliphatic carbocycles. The van der Waals surface area contributed by atoms with Gasteiger partial charge in [-0.1, -0.05) is 11.8 Å². The summed E-state index contributed by atoms with van der Waals surface area (Å²) in [4.78, 5) is 32.3. The van der Waals surface area contributed by atoms with Gasteiger partial charge in [-0.25, -0.2) is 4.98 Å². The lowest BCUT2D eigenvalue weighted by atomic mass is 10.3. The largest absolute Gasteiger partial charge is 0.378 e. The number of aryl methyl sites for hydroxylation is 1. The molecule has 8 heteroatoms. The molecule has 1 aliphatic heterocycles. The molecule has 1 aliphatic rings. The Hall–Kier alpha value is -1.22. The van der Waals surface area contributed by atoms with Gasteiger partial charge in [0.1, 0.15) is 0 Å². The number of morpholine rings is 1. The van der Waals surface area contributed by atoms with Crippen LogP contribution in [0.4, 0.5) is 0 Å². The SMILES string of the molecule is Cc1csc(SCC(=O)c2ccc(CC(=O)N3CCOCC3)s2)n1. The summed E-state index contributed by atoms with van der Waals surface area (Å²) in [5.74, 6) is 0.569. The topological polar surface area (TPSA) is 59.5 Å². The van der Waals surface area contributed by atoms with E-state index in [0.717, 1.165) is 14.9 Å². The van der Waals surface area contributed by atoms with Crippen molar-refractivity contribution in [2.24, 2.45) is 0 Å². The number of thiazole rings is 1. The minimum absolute atomic E-state index is 0.0860. The molecule has 0 radical (unpaired) electrons. The fraction of sp³-hybridized carbons (Fsp3) is 0.438. The summed E-state index contributed by atoms with van der Waals surface area (Å²) >= 11 is 4.44. The number of aromatic nitrogens is 1. The summed E-state index contributed by atoms with van der Waals surface area (Å²) in [5.41, 5.74) is 0.981. The third-order valence-electron chi connectivity index (χ3n) is 3.55. The Morgan fingerprint density at radius 1 is 1.33 bits per heavy atom. The number of ketones is 1. The van der Waals surface area contributed by atoms with E-state index in [1.54, 1.807) is 11.3 Å². The molecule has 5 nitrogen and oxygen atoms in total. The molecule has 1 fully saturated rings. The van der Waals surface area contributed by atoms with Crippen LogP contribution in [0.2, 0.25) is 0 Å². The van der Waals surface area contributed by atoms with Crippen LogP contribution in [-0.2, 0) is 16.0 Å². The van der Waals surface area contributed by atoms with Gasteiger partial charge in [-0.15, -0.1) is 22.7 Å². The van der Waals surface area contributed by atoms with Crippen LogP contribution < -0.4 is 0 Å². The minimum atomic E-state index is 0.0860. The zero-order valence-electron chi connectivity index (χ0n) is 13.3. The number of Topliss-reactive ketones (excluding diaryl/α,β-unsaturated/α-hetero) is 1. The summed E-state index contributed by atoms with van der Waals surface area (Å²) in [7, 11) is 0. The third kappa shape index (κ3) is 4.66. The molecule has 3 rings (SSSR count). The molecule has 0 saturated carbocycles. The maximum Gasteiger partial charge on any atom is 0.227 e. The van der Waals surface area contributed by atoms with Gasteiger partial charge in [-0.3, -0.25) is 9.59 Å². The normalized spacial score (nSPS) is 14.8. The van der Waals surface area contributed by atoms with E-state index in [-0.39, 0.29) is 11.7 Å². The number of hydrogen-bond donors (Lipinski definition) is 0. The van der Waals surface area contributed by atoms with Gasteiger partial charge in [-0.05, 0) is 19.1 Å². The molecule has 3 heterocycles. The lowest BCUT2D eigenvalue weighted by Gasteiger charge is -2.26. The van der Waals surface area contributed by atoms with Crippen LogP contribution in [0, 0.1) is 6.92 Å². The molecule has 0 atom stereocenters. The average molecular weight is 383 g/mol. The molecule has 0 bridgehead atoms. The molecular formula is C16H18N2O3S3. The molecule has 24 heavy (non-hydrogen) atoms. The van der Waals surface area contributed by atoms with Crippen molar-refractivity contribution >= 4 is 46.1 Å². The first-order chi connectivity index (χ1) is 11.6. The average Bonchev–Trinajstić information content (AvgIpc) is 3.22. The molecule has 128 valence electrons. The van der Waals surface area contributed by atoms with Crippen molar-refractivity contribution in [1.82, 2.24) is 9.88 Å². The number of nitrogens with zero attached hydrogens (tertiary/aromatic N) is 2. The second-order valence-electron chi connectivity index (χ2n) is 5.40. The summed E-state index contributed by atoms with van der Waals surface area (Å²) in [5, 5.41) is 1.98. The Kier molecular flexibility index (Phi) is 6.04. The van der Waals surface area contributed by atoms with E-state index in [0.29, 0.717) is 43.4 Å². The van der Waals surface area contributed by atoms with Crippen LogP contribution in [0.5, 0.6) is 0 Å². The second-order valence-corrected chi connectivity index (χ2v) is 8.65. The number of amides is 1. The standard InChI is InChI=1S/C16H18N2O3S3/c1-11-9-22-16(17-11)23-10-13(19)14-3-2-12(24-14)8-15(20)18-4-6-21-7-5-18/h2-3,9H,4-8,10H2,1H3. The van der Waals surface area contributed by atoms with E-state index in [4.69, 9.17) is 4.74 Å². The predicted octanol–water partition coefficient (Wildman–Crippen LogP) is 2.89. The quantitative estimate of drug-likeness (QED) is 0.568. The van der Waals surface area contributed by atoms with E-state index in [1.807, 2.05) is 29.3 Å². The lowest BCUT2D eigenvalue weighted by Crippen LogP contribution is -2.41. The van der Waals surface area contributed by atoms with Crippen LogP contribution in [0.25, 0.3) is 0 Å². The molecule has 2 aromatic rings. The number of thiophene rings is 1. The third-order valence-corrected chi connectivity index (χ3v) is 6.82. The molecule has 1 saturated heterocycles. The van der Waals surface area contributed by atoms with E-state index in [1.165, 1.54) is 23.1 Å². The number of thioether (sulfide) groups is 1. The zero-order chi connectivity index (χ0) is 16.9. The first kappa shape index (κ1) is 17.6. The number of ether oxygens (including phenoxy) is 1. The molecule has 0 spiro atoms. The fourth-order valence-electron chi connectivity index (χ4n) is 2.29. The lowest BCUT2D eigenvalue weighted by molar-refractivity contribution is -0.134. The van der Waals surface area contributed by atoms with Crippen LogP contribution in [0.3, 0.4) is 0 Å². The number of carbonyl (C=O) groups is 2. The maximum absolute atomic E-state index is 12.3. The van der Waals surface area contributed by atoms with Gasteiger partial charge in [0.25, 0.3) is 0 Å². The van der Waals surface area contributed by atoms with Gasteiger partial charge >= 0.3 is 0 Å². The van der Waals surface area contributed by atoms with Crippen LogP contribution in [-0.4, -0.2) is 53.6 Å². The van der Waals surface area contributed by atoms with E-state index in [9.17, 15) is 9.59 Å². The number of hydrogen-bond acceptors (Lipinski definition) is 7. The molecule has 0 N–H and O–H groups in total. The monoisotopic (exact) mass is 382 g/mol. The Morgan fingerprint density at radius 3 is 2.83 bits per heavy atom. The van der Waals surface area contributed by atoms with Gasteiger partial charge in [-0.2, -0.15) is 0 Å². The highest BCUT2D eigenvalue weighted by Gasteiger charge is 2.18. The first-order valence-electron chi connectivity index (χ1n) is 7.64. The van der Waals surface area contributed by atoms with Gasteiger partial charge in [0.2, 0.25) is 5.91 Å². The van der Waals surface area contributed by atoms with E-state index >= 15 is 0 Å². The van der Waals surface area contributed by atoms with Crippen molar-refractivity contribution in [2.75, 3.05) is 32.1 Å². The first-order valence-corrected chi connectivity index (χ1v) is 10.3. The predicted molar refractivity (Wildman–Crippen MR) is 97.3 cm³/mol. The Labute approximate surface area is 153 Å². The molecular weight excluding hydrogens is 364 g/mol. The highest BCUT2D eigenvalue weighted by molar-refractivity contribution is 8.01. The van der Waals surface area contributed by atoms with Crippen molar-refractivity contribution in [3.8, 4) is 0 Å². The number of rotatable bonds is 6. The highest BCUT2D eigenvalue weighted by Crippen LogP contribution is 2.25. The highest BCUT2D eigenvalue weighted by atomic mass is 32.2. The van der Waals surface area contributed by atoms with Crippen LogP contribution in [0.1, 0.15) is 20.2 Å². The Balaban J connectivity index is 1.52. The second kappa shape index (κ2) is 8.24. The summed E-state index contributed by atoms with van der Waals surface area (Å²) < 4.78 is 6.17. The number of carbonyl (C=O) groups excluding carboxylic acids is 2. The van der Waals surface area contributed by atoms with Gasteiger partial charge < -0.3 is 9.64 Å². The van der Waals surface area contributed by atoms with Gasteiger partial charge in [0.15, 0.2) is 10.1 Å². The summed E-state index contributed by atoms with van der Waals surface area (Å²) in [6, 6.07) is 3.71. The van der Waals surface area contributed by atoms with Crippen LogP contribution in [0.15, 0.2) is 21.9 Å². The van der Waals surface area contributed by atoms with Crippen molar-refractivity contribution in [1.29, 1.82) is 0 Å². The van der Waals surface area contributed by atoms with Crippen molar-refractivity contribution in [2.45, 2.75) is 17.7 Å². The van der Waals surface area contributed by atoms with Gasteiger partial charge in [0.05, 0.1) is 30.3 Å².